The summed E-state index contributed by atoms with van der Waals surface area (Å²) < 4.78 is 43.2. The number of aliphatic hydroxyl groups excluding tert-OH is 1. The van der Waals surface area contributed by atoms with Crippen LogP contribution in [0.2, 0.25) is 0 Å². The molecule has 2 nitrogen and oxygen atoms in total. The molecule has 0 bridgehead atoms. The molecule has 5 heteroatoms. The normalized spacial score (nSPS) is 13.0. The van der Waals surface area contributed by atoms with Crippen molar-refractivity contribution in [3.05, 3.63) is 64.7 Å². The van der Waals surface area contributed by atoms with Gasteiger partial charge in [-0.25, -0.2) is 0 Å². The molecule has 0 aromatic heterocycles. The van der Waals surface area contributed by atoms with Crippen molar-refractivity contribution < 1.29 is 23.0 Å². The molecule has 0 spiro atoms. The highest BCUT2D eigenvalue weighted by atomic mass is 19.4. The van der Waals surface area contributed by atoms with Crippen molar-refractivity contribution in [2.24, 2.45) is 0 Å². The van der Waals surface area contributed by atoms with Gasteiger partial charge in [0.2, 0.25) is 0 Å². The molecule has 0 amide bonds. The van der Waals surface area contributed by atoms with Gasteiger partial charge in [-0.1, -0.05) is 18.2 Å². The first-order valence-electron chi connectivity index (χ1n) is 6.32. The van der Waals surface area contributed by atoms with Gasteiger partial charge in [0.25, 0.3) is 0 Å². The van der Waals surface area contributed by atoms with Gasteiger partial charge in [-0.15, -0.1) is 0 Å². The molecule has 112 valence electrons. The Labute approximate surface area is 120 Å². The lowest BCUT2D eigenvalue weighted by molar-refractivity contribution is -0.137. The summed E-state index contributed by atoms with van der Waals surface area (Å²) in [7, 11) is 1.53. The lowest BCUT2D eigenvalue weighted by atomic mass is 9.98. The number of aryl methyl sites for hydroxylation is 1. The minimum Gasteiger partial charge on any atom is -0.496 e. The molecule has 2 aromatic carbocycles. The molecule has 0 radical (unpaired) electrons. The number of hydrogen-bond acceptors (Lipinski definition) is 2. The predicted molar refractivity (Wildman–Crippen MR) is 73.2 cm³/mol. The van der Waals surface area contributed by atoms with Crippen LogP contribution >= 0.6 is 0 Å². The number of ether oxygens (including phenoxy) is 1. The molecule has 0 heterocycles. The Morgan fingerprint density at radius 3 is 2.29 bits per heavy atom. The summed E-state index contributed by atoms with van der Waals surface area (Å²) in [5.74, 6) is 0.662. The summed E-state index contributed by atoms with van der Waals surface area (Å²) >= 11 is 0. The summed E-state index contributed by atoms with van der Waals surface area (Å²) in [5, 5.41) is 10.3. The average molecular weight is 296 g/mol. The number of halogens is 3. The molecule has 2 rings (SSSR count). The van der Waals surface area contributed by atoms with Crippen LogP contribution in [0, 0.1) is 6.92 Å². The van der Waals surface area contributed by atoms with Gasteiger partial charge in [-0.3, -0.25) is 0 Å². The average Bonchev–Trinajstić information content (AvgIpc) is 2.45. The number of aliphatic hydroxyl groups is 1. The fourth-order valence-electron chi connectivity index (χ4n) is 2.15. The first kappa shape index (κ1) is 15.4. The van der Waals surface area contributed by atoms with Crippen LogP contribution in [0.15, 0.2) is 42.5 Å². The van der Waals surface area contributed by atoms with Crippen LogP contribution in [0.1, 0.15) is 28.4 Å². The second kappa shape index (κ2) is 5.77. The molecular formula is C16H15F3O2. The van der Waals surface area contributed by atoms with E-state index in [1.807, 2.05) is 0 Å². The maximum Gasteiger partial charge on any atom is 0.416 e. The van der Waals surface area contributed by atoms with Crippen LogP contribution in [-0.2, 0) is 6.18 Å². The number of benzene rings is 2. The lowest BCUT2D eigenvalue weighted by Gasteiger charge is -2.15. The van der Waals surface area contributed by atoms with Gasteiger partial charge in [0.1, 0.15) is 11.9 Å². The second-order valence-electron chi connectivity index (χ2n) is 4.75. The molecule has 1 unspecified atom stereocenters. The van der Waals surface area contributed by atoms with Gasteiger partial charge in [0.15, 0.2) is 0 Å². The minimum absolute atomic E-state index is 0.203. The van der Waals surface area contributed by atoms with Crippen LogP contribution in [0.5, 0.6) is 5.75 Å². The molecule has 1 N–H and O–H groups in total. The van der Waals surface area contributed by atoms with E-state index >= 15 is 0 Å². The third-order valence-electron chi connectivity index (χ3n) is 3.26. The quantitative estimate of drug-likeness (QED) is 0.924. The van der Waals surface area contributed by atoms with E-state index in [1.165, 1.54) is 19.2 Å². The molecule has 0 aliphatic rings. The summed E-state index contributed by atoms with van der Waals surface area (Å²) in [6.07, 6.45) is -5.54. The van der Waals surface area contributed by atoms with Crippen molar-refractivity contribution in [2.45, 2.75) is 19.2 Å². The third kappa shape index (κ3) is 3.36. The predicted octanol–water partition coefficient (Wildman–Crippen LogP) is 4.10. The Bertz CT molecular complexity index is 636. The monoisotopic (exact) mass is 296 g/mol. The SMILES string of the molecule is COc1ccc(C(O)c2cccc(C(F)(F)F)c2)cc1C. The number of alkyl halides is 3. The van der Waals surface area contributed by atoms with E-state index < -0.39 is 17.8 Å². The summed E-state index contributed by atoms with van der Waals surface area (Å²) in [6.45, 7) is 1.81. The van der Waals surface area contributed by atoms with E-state index in [0.29, 0.717) is 11.3 Å². The number of rotatable bonds is 3. The van der Waals surface area contributed by atoms with E-state index in [-0.39, 0.29) is 5.56 Å². The molecule has 21 heavy (non-hydrogen) atoms. The van der Waals surface area contributed by atoms with Crippen LogP contribution < -0.4 is 4.74 Å². The van der Waals surface area contributed by atoms with Gasteiger partial charge in [-0.05, 0) is 47.9 Å². The lowest BCUT2D eigenvalue weighted by Crippen LogP contribution is -2.07. The third-order valence-corrected chi connectivity index (χ3v) is 3.26. The number of hydrogen-bond donors (Lipinski definition) is 1. The Morgan fingerprint density at radius 1 is 1.05 bits per heavy atom. The molecule has 0 saturated heterocycles. The second-order valence-corrected chi connectivity index (χ2v) is 4.75. The summed E-state index contributed by atoms with van der Waals surface area (Å²) in [5.41, 5.74) is 0.757. The number of methoxy groups -OCH3 is 1. The van der Waals surface area contributed by atoms with Crippen molar-refractivity contribution in [1.82, 2.24) is 0 Å². The van der Waals surface area contributed by atoms with Gasteiger partial charge < -0.3 is 9.84 Å². The fraction of sp³-hybridized carbons (Fsp3) is 0.250. The highest BCUT2D eigenvalue weighted by molar-refractivity contribution is 5.40. The molecule has 0 aliphatic heterocycles. The largest absolute Gasteiger partial charge is 0.496 e. The summed E-state index contributed by atoms with van der Waals surface area (Å²) in [6, 6.07) is 9.72. The first-order chi connectivity index (χ1) is 9.82. The zero-order chi connectivity index (χ0) is 15.6. The maximum atomic E-state index is 12.7. The van der Waals surface area contributed by atoms with Gasteiger partial charge in [-0.2, -0.15) is 13.2 Å². The Kier molecular flexibility index (Phi) is 4.23. The molecule has 0 fully saturated rings. The van der Waals surface area contributed by atoms with Crippen LogP contribution in [0.25, 0.3) is 0 Å². The van der Waals surface area contributed by atoms with Gasteiger partial charge in [0.05, 0.1) is 12.7 Å². The smallest absolute Gasteiger partial charge is 0.416 e. The van der Waals surface area contributed by atoms with E-state index in [4.69, 9.17) is 4.74 Å². The van der Waals surface area contributed by atoms with Crippen molar-refractivity contribution in [3.63, 3.8) is 0 Å². The van der Waals surface area contributed by atoms with Gasteiger partial charge in [0, 0.05) is 0 Å². The van der Waals surface area contributed by atoms with Crippen molar-refractivity contribution in [2.75, 3.05) is 7.11 Å². The zero-order valence-electron chi connectivity index (χ0n) is 11.6. The molecule has 1 atom stereocenters. The van der Waals surface area contributed by atoms with E-state index in [9.17, 15) is 18.3 Å². The van der Waals surface area contributed by atoms with E-state index in [0.717, 1.165) is 17.7 Å². The standard InChI is InChI=1S/C16H15F3O2/c1-10-8-12(6-7-14(10)21-2)15(20)11-4-3-5-13(9-11)16(17,18)19/h3-9,15,20H,1-2H3. The van der Waals surface area contributed by atoms with Crippen molar-refractivity contribution >= 4 is 0 Å². The Hall–Kier alpha value is -2.01. The molecule has 0 aliphatic carbocycles. The highest BCUT2D eigenvalue weighted by Crippen LogP contribution is 2.32. The Balaban J connectivity index is 2.36. The van der Waals surface area contributed by atoms with Crippen molar-refractivity contribution in [1.29, 1.82) is 0 Å². The molecule has 0 saturated carbocycles. The minimum atomic E-state index is -4.43. The fourth-order valence-corrected chi connectivity index (χ4v) is 2.15. The molecule has 2 aromatic rings. The highest BCUT2D eigenvalue weighted by Gasteiger charge is 2.31. The van der Waals surface area contributed by atoms with Crippen molar-refractivity contribution in [3.8, 4) is 5.75 Å². The van der Waals surface area contributed by atoms with Gasteiger partial charge >= 0.3 is 6.18 Å². The molecular weight excluding hydrogens is 281 g/mol. The summed E-state index contributed by atoms with van der Waals surface area (Å²) in [4.78, 5) is 0. The zero-order valence-corrected chi connectivity index (χ0v) is 11.6. The van der Waals surface area contributed by atoms with Crippen LogP contribution in [0.4, 0.5) is 13.2 Å². The topological polar surface area (TPSA) is 29.5 Å². The maximum absolute atomic E-state index is 12.7. The van der Waals surface area contributed by atoms with E-state index in [1.54, 1.807) is 25.1 Å². The first-order valence-corrected chi connectivity index (χ1v) is 6.32. The van der Waals surface area contributed by atoms with Crippen LogP contribution in [-0.4, -0.2) is 12.2 Å². The Morgan fingerprint density at radius 2 is 1.71 bits per heavy atom. The van der Waals surface area contributed by atoms with E-state index in [2.05, 4.69) is 0 Å². The van der Waals surface area contributed by atoms with Crippen LogP contribution in [0.3, 0.4) is 0 Å².